The van der Waals surface area contributed by atoms with E-state index >= 15 is 0 Å². The topological polar surface area (TPSA) is 88.9 Å². The lowest BCUT2D eigenvalue weighted by Gasteiger charge is -2.11. The molecule has 0 atom stereocenters. The van der Waals surface area contributed by atoms with Gasteiger partial charge in [0.2, 0.25) is 5.82 Å². The van der Waals surface area contributed by atoms with Crippen molar-refractivity contribution >= 4 is 17.5 Å². The molecule has 1 saturated carbocycles. The molecule has 1 fully saturated rings. The van der Waals surface area contributed by atoms with Crippen LogP contribution >= 0.6 is 0 Å². The van der Waals surface area contributed by atoms with Gasteiger partial charge in [0, 0.05) is 17.2 Å². The Kier molecular flexibility index (Phi) is 5.68. The maximum atomic E-state index is 12.8. The number of halogens is 3. The lowest BCUT2D eigenvalue weighted by molar-refractivity contribution is -0.123. The van der Waals surface area contributed by atoms with Gasteiger partial charge >= 0.3 is 6.18 Å². The summed E-state index contributed by atoms with van der Waals surface area (Å²) >= 11 is 0. The van der Waals surface area contributed by atoms with Crippen molar-refractivity contribution in [3.8, 4) is 5.69 Å². The van der Waals surface area contributed by atoms with E-state index in [-0.39, 0.29) is 17.3 Å². The first kappa shape index (κ1) is 21.5. The molecule has 7 nitrogen and oxygen atoms in total. The summed E-state index contributed by atoms with van der Waals surface area (Å²) in [5.74, 6) is -0.537. The number of aryl methyl sites for hydroxylation is 1. The van der Waals surface area contributed by atoms with Gasteiger partial charge in [0.05, 0.1) is 5.69 Å². The number of hydrogen-bond acceptors (Lipinski definition) is 4. The van der Waals surface area contributed by atoms with Gasteiger partial charge in [-0.2, -0.15) is 13.2 Å². The second-order valence-corrected chi connectivity index (χ2v) is 7.60. The van der Waals surface area contributed by atoms with E-state index in [1.54, 1.807) is 17.7 Å². The van der Waals surface area contributed by atoms with Crippen molar-refractivity contribution in [1.29, 1.82) is 0 Å². The smallest absolute Gasteiger partial charge is 0.343 e. The van der Waals surface area contributed by atoms with E-state index in [0.717, 1.165) is 18.5 Å². The Morgan fingerprint density at radius 1 is 1.09 bits per heavy atom. The minimum Gasteiger partial charge on any atom is -0.343 e. The molecule has 166 valence electrons. The molecule has 1 aliphatic carbocycles. The number of rotatable bonds is 6. The lowest BCUT2D eigenvalue weighted by Crippen LogP contribution is -2.33. The predicted octanol–water partition coefficient (Wildman–Crippen LogP) is 4.00. The highest BCUT2D eigenvalue weighted by molar-refractivity contribution is 6.03. The van der Waals surface area contributed by atoms with Gasteiger partial charge in [0.1, 0.15) is 12.4 Å². The van der Waals surface area contributed by atoms with Gasteiger partial charge in [-0.3, -0.25) is 9.59 Å². The Balaban J connectivity index is 1.55. The number of carbonyl (C=O) groups is 2. The highest BCUT2D eigenvalue weighted by atomic mass is 19.4. The second-order valence-electron chi connectivity index (χ2n) is 7.60. The fraction of sp³-hybridized carbons (Fsp3) is 0.273. The van der Waals surface area contributed by atoms with Crippen LogP contribution < -0.4 is 10.6 Å². The number of carbonyl (C=O) groups excluding carboxylic acids is 2. The minimum absolute atomic E-state index is 0.00315. The van der Waals surface area contributed by atoms with Crippen LogP contribution in [0, 0.1) is 6.92 Å². The van der Waals surface area contributed by atoms with Crippen molar-refractivity contribution in [3.05, 3.63) is 71.3 Å². The molecule has 0 aliphatic heterocycles. The summed E-state index contributed by atoms with van der Waals surface area (Å²) < 4.78 is 38.8. The average Bonchev–Trinajstić information content (AvgIpc) is 3.51. The molecule has 0 bridgehead atoms. The molecule has 2 amide bonds. The van der Waals surface area contributed by atoms with Crippen LogP contribution in [-0.4, -0.2) is 39.3 Å². The Labute approximate surface area is 181 Å². The highest BCUT2D eigenvalue weighted by Crippen LogP contribution is 2.39. The number of amides is 2. The molecule has 2 aromatic carbocycles. The quantitative estimate of drug-likeness (QED) is 0.603. The number of anilines is 1. The summed E-state index contributed by atoms with van der Waals surface area (Å²) in [6.07, 6.45) is -2.57. The number of aromatic nitrogens is 3. The van der Waals surface area contributed by atoms with Gasteiger partial charge in [0.25, 0.3) is 11.8 Å². The number of nitrogens with one attached hydrogen (secondary N) is 2. The van der Waals surface area contributed by atoms with Gasteiger partial charge in [-0.1, -0.05) is 24.3 Å². The molecule has 4 rings (SSSR count). The molecule has 3 aromatic rings. The fourth-order valence-corrected chi connectivity index (χ4v) is 3.14. The molecule has 2 N–H and O–H groups in total. The number of benzene rings is 2. The van der Waals surface area contributed by atoms with Gasteiger partial charge in [-0.25, -0.2) is 9.67 Å². The summed E-state index contributed by atoms with van der Waals surface area (Å²) in [4.78, 5) is 29.3. The third-order valence-corrected chi connectivity index (χ3v) is 4.98. The van der Waals surface area contributed by atoms with Gasteiger partial charge < -0.3 is 10.6 Å². The molecule has 1 aromatic heterocycles. The summed E-state index contributed by atoms with van der Waals surface area (Å²) in [5.41, 5.74) is 1.71. The Bertz CT molecular complexity index is 1150. The van der Waals surface area contributed by atoms with Gasteiger partial charge in [-0.15, -0.1) is 5.10 Å². The van der Waals surface area contributed by atoms with E-state index in [9.17, 15) is 22.8 Å². The van der Waals surface area contributed by atoms with Crippen LogP contribution in [0.4, 0.5) is 18.9 Å². The largest absolute Gasteiger partial charge is 0.405 e. The molecule has 0 saturated heterocycles. The van der Waals surface area contributed by atoms with Crippen LogP contribution in [0.2, 0.25) is 0 Å². The zero-order valence-electron chi connectivity index (χ0n) is 17.1. The minimum atomic E-state index is -4.51. The second kappa shape index (κ2) is 8.45. The van der Waals surface area contributed by atoms with Gasteiger partial charge in [0.15, 0.2) is 0 Å². The van der Waals surface area contributed by atoms with Crippen LogP contribution in [0.15, 0.2) is 48.5 Å². The monoisotopic (exact) mass is 443 g/mol. The average molecular weight is 443 g/mol. The number of alkyl halides is 3. The van der Waals surface area contributed by atoms with Crippen molar-refractivity contribution in [2.75, 3.05) is 11.9 Å². The SMILES string of the molecule is Cc1ccc(C(=O)NCC(F)(F)F)cc1NC(=O)c1nc(C2CC2)n(-c2ccccc2)n1. The maximum Gasteiger partial charge on any atom is 0.405 e. The first-order chi connectivity index (χ1) is 15.2. The van der Waals surface area contributed by atoms with E-state index in [4.69, 9.17) is 0 Å². The summed E-state index contributed by atoms with van der Waals surface area (Å²) in [6.45, 7) is 0.269. The zero-order chi connectivity index (χ0) is 22.9. The van der Waals surface area contributed by atoms with Crippen molar-refractivity contribution in [2.24, 2.45) is 0 Å². The van der Waals surface area contributed by atoms with Crippen LogP contribution in [0.25, 0.3) is 5.69 Å². The Morgan fingerprint density at radius 2 is 1.81 bits per heavy atom. The number of para-hydroxylation sites is 1. The van der Waals surface area contributed by atoms with E-state index in [2.05, 4.69) is 15.4 Å². The standard InChI is InChI=1S/C22H20F3N5O2/c1-13-7-8-15(20(31)26-12-22(23,24)25)11-17(13)27-21(32)18-28-19(14-9-10-14)30(29-18)16-5-3-2-4-6-16/h2-8,11,14H,9-10,12H2,1H3,(H,26,31)(H,27,32). The summed E-state index contributed by atoms with van der Waals surface area (Å²) in [5, 5.41) is 8.85. The molecule has 10 heteroatoms. The third-order valence-electron chi connectivity index (χ3n) is 4.98. The van der Waals surface area contributed by atoms with Crippen LogP contribution in [0.1, 0.15) is 51.1 Å². The third kappa shape index (κ3) is 4.96. The molecule has 0 spiro atoms. The molecule has 1 aliphatic rings. The normalized spacial score (nSPS) is 13.6. The van der Waals surface area contributed by atoms with E-state index in [0.29, 0.717) is 17.1 Å². The molecular weight excluding hydrogens is 423 g/mol. The van der Waals surface area contributed by atoms with Crippen molar-refractivity contribution < 1.29 is 22.8 Å². The van der Waals surface area contributed by atoms with E-state index < -0.39 is 24.5 Å². The predicted molar refractivity (Wildman–Crippen MR) is 111 cm³/mol. The maximum absolute atomic E-state index is 12.8. The van der Waals surface area contributed by atoms with Gasteiger partial charge in [-0.05, 0) is 49.6 Å². The number of nitrogens with zero attached hydrogens (tertiary/aromatic N) is 3. The van der Waals surface area contributed by atoms with Crippen molar-refractivity contribution in [3.63, 3.8) is 0 Å². The lowest BCUT2D eigenvalue weighted by atomic mass is 10.1. The first-order valence-corrected chi connectivity index (χ1v) is 10.0. The Morgan fingerprint density at radius 3 is 2.47 bits per heavy atom. The van der Waals surface area contributed by atoms with Crippen molar-refractivity contribution in [1.82, 2.24) is 20.1 Å². The van der Waals surface area contributed by atoms with Crippen LogP contribution in [0.5, 0.6) is 0 Å². The van der Waals surface area contributed by atoms with Crippen molar-refractivity contribution in [2.45, 2.75) is 31.9 Å². The summed E-state index contributed by atoms with van der Waals surface area (Å²) in [6, 6.07) is 13.6. The molecular formula is C22H20F3N5O2. The Hall–Kier alpha value is -3.69. The molecule has 0 unspecified atom stereocenters. The van der Waals surface area contributed by atoms with E-state index in [1.807, 2.05) is 35.6 Å². The number of hydrogen-bond donors (Lipinski definition) is 2. The highest BCUT2D eigenvalue weighted by Gasteiger charge is 2.32. The van der Waals surface area contributed by atoms with Crippen LogP contribution in [-0.2, 0) is 0 Å². The molecule has 32 heavy (non-hydrogen) atoms. The van der Waals surface area contributed by atoms with Crippen LogP contribution in [0.3, 0.4) is 0 Å². The summed E-state index contributed by atoms with van der Waals surface area (Å²) in [7, 11) is 0. The molecule has 0 radical (unpaired) electrons. The molecule has 1 heterocycles. The fourth-order valence-electron chi connectivity index (χ4n) is 3.14. The zero-order valence-corrected chi connectivity index (χ0v) is 17.1. The first-order valence-electron chi connectivity index (χ1n) is 10.0. The van der Waals surface area contributed by atoms with E-state index in [1.165, 1.54) is 12.1 Å².